The van der Waals surface area contributed by atoms with Crippen molar-refractivity contribution in [1.29, 1.82) is 21.0 Å². The lowest BCUT2D eigenvalue weighted by Gasteiger charge is -1.88. The zero-order chi connectivity index (χ0) is 19.7. The van der Waals surface area contributed by atoms with Crippen LogP contribution in [0.3, 0.4) is 0 Å². The van der Waals surface area contributed by atoms with Gasteiger partial charge in [0.2, 0.25) is 0 Å². The molecule has 4 rings (SSSR count). The Hall–Kier alpha value is -2.98. The van der Waals surface area contributed by atoms with Crippen LogP contribution in [0.5, 0.6) is 0 Å². The topological polar surface area (TPSA) is 95.2 Å². The lowest BCUT2D eigenvalue weighted by atomic mass is 10.2. The summed E-state index contributed by atoms with van der Waals surface area (Å²) in [5, 5.41) is 35.4. The summed E-state index contributed by atoms with van der Waals surface area (Å²) in [7, 11) is 0. The van der Waals surface area contributed by atoms with Gasteiger partial charge in [-0.1, -0.05) is 12.2 Å². The molecule has 4 heterocycles. The fourth-order valence-electron chi connectivity index (χ4n) is 2.76. The van der Waals surface area contributed by atoms with Crippen molar-refractivity contribution < 1.29 is 0 Å². The van der Waals surface area contributed by atoms with Crippen molar-refractivity contribution in [3.05, 3.63) is 45.2 Å². The molecule has 0 saturated heterocycles. The van der Waals surface area contributed by atoms with E-state index in [-0.39, 0.29) is 11.1 Å². The van der Waals surface area contributed by atoms with Crippen LogP contribution in [-0.4, -0.2) is 0 Å². The van der Waals surface area contributed by atoms with Crippen LogP contribution in [0, 0.1) is 45.3 Å². The fourth-order valence-corrected chi connectivity index (χ4v) is 8.37. The Morgan fingerprint density at radius 3 is 1.39 bits per heavy atom. The number of rotatable bonds is 4. The largest absolute Gasteiger partial charge is 0.192 e. The first-order valence-corrected chi connectivity index (χ1v) is 11.3. The zero-order valence-corrected chi connectivity index (χ0v) is 17.4. The van der Waals surface area contributed by atoms with Crippen LogP contribution < -0.4 is 0 Å². The Bertz CT molecular complexity index is 1310. The Balaban J connectivity index is 1.68. The van der Waals surface area contributed by atoms with Crippen LogP contribution in [0.4, 0.5) is 0 Å². The van der Waals surface area contributed by atoms with E-state index in [1.54, 1.807) is 57.5 Å². The maximum absolute atomic E-state index is 8.85. The van der Waals surface area contributed by atoms with Gasteiger partial charge in [-0.05, 0) is 12.1 Å². The predicted octanol–water partition coefficient (Wildman–Crippen LogP) is 6.42. The van der Waals surface area contributed by atoms with Gasteiger partial charge in [-0.3, -0.25) is 0 Å². The minimum absolute atomic E-state index is 0.149. The highest BCUT2D eigenvalue weighted by atomic mass is 32.1. The number of thiophene rings is 4. The smallest absolute Gasteiger partial charge is 0.126 e. The molecule has 132 valence electrons. The second-order valence-corrected chi connectivity index (χ2v) is 10.1. The van der Waals surface area contributed by atoms with Gasteiger partial charge in [0.15, 0.2) is 0 Å². The van der Waals surface area contributed by atoms with Gasteiger partial charge in [-0.25, -0.2) is 0 Å². The van der Waals surface area contributed by atoms with Crippen LogP contribution in [0.25, 0.3) is 28.2 Å². The second-order valence-electron chi connectivity index (χ2n) is 5.77. The lowest BCUT2D eigenvalue weighted by molar-refractivity contribution is 1.32. The third kappa shape index (κ3) is 3.20. The number of nitrogens with zero attached hydrogens (tertiary/aromatic N) is 4. The molecule has 4 aromatic rings. The molecule has 0 spiro atoms. The van der Waals surface area contributed by atoms with Crippen molar-refractivity contribution in [3.8, 4) is 24.3 Å². The molecule has 4 aromatic heterocycles. The molecule has 4 nitrogen and oxygen atoms in total. The van der Waals surface area contributed by atoms with E-state index in [2.05, 4.69) is 12.1 Å². The van der Waals surface area contributed by atoms with Crippen molar-refractivity contribution in [3.63, 3.8) is 0 Å². The van der Waals surface area contributed by atoms with E-state index in [9.17, 15) is 0 Å². The van der Waals surface area contributed by atoms with Gasteiger partial charge in [0, 0.05) is 32.0 Å². The van der Waals surface area contributed by atoms with Gasteiger partial charge >= 0.3 is 0 Å². The first-order valence-electron chi connectivity index (χ1n) is 8.03. The standard InChI is InChI=1S/C20H8N4S4/c21-7-11(8-22)1-3-13-5-15-17(25-13)19-20(27-15)18-16(28-19)6-14(26-18)4-2-12(9-23)10-24/h1-2,5-6H,3-4H2. The Kier molecular flexibility index (Phi) is 4.97. The first-order chi connectivity index (χ1) is 13.7. The van der Waals surface area contributed by atoms with E-state index < -0.39 is 0 Å². The van der Waals surface area contributed by atoms with Gasteiger partial charge in [0.25, 0.3) is 0 Å². The van der Waals surface area contributed by atoms with E-state index in [1.165, 1.54) is 28.2 Å². The summed E-state index contributed by atoms with van der Waals surface area (Å²) in [6.45, 7) is 0. The summed E-state index contributed by atoms with van der Waals surface area (Å²) in [6.07, 6.45) is 4.55. The molecular formula is C20H8N4S4. The van der Waals surface area contributed by atoms with Crippen molar-refractivity contribution in [2.24, 2.45) is 0 Å². The number of allylic oxidation sites excluding steroid dienone is 4. The maximum Gasteiger partial charge on any atom is 0.126 e. The molecule has 28 heavy (non-hydrogen) atoms. The summed E-state index contributed by atoms with van der Waals surface area (Å²) in [5.41, 5.74) is 0.298. The van der Waals surface area contributed by atoms with Crippen molar-refractivity contribution >= 4 is 73.5 Å². The zero-order valence-electron chi connectivity index (χ0n) is 14.1. The Labute approximate surface area is 176 Å². The molecule has 8 heteroatoms. The molecule has 0 saturated carbocycles. The lowest BCUT2D eigenvalue weighted by Crippen LogP contribution is -1.77. The predicted molar refractivity (Wildman–Crippen MR) is 116 cm³/mol. The highest BCUT2D eigenvalue weighted by Crippen LogP contribution is 2.49. The molecule has 0 N–H and O–H groups in total. The van der Waals surface area contributed by atoms with Gasteiger partial charge in [0.1, 0.15) is 35.4 Å². The third-order valence-corrected chi connectivity index (χ3v) is 9.34. The molecule has 0 aliphatic carbocycles. The minimum Gasteiger partial charge on any atom is -0.192 e. The molecule has 0 aliphatic heterocycles. The van der Waals surface area contributed by atoms with E-state index in [0.717, 1.165) is 9.75 Å². The van der Waals surface area contributed by atoms with Crippen LogP contribution in [0.15, 0.2) is 35.4 Å². The molecule has 0 bridgehead atoms. The second kappa shape index (κ2) is 7.56. The van der Waals surface area contributed by atoms with Gasteiger partial charge in [-0.2, -0.15) is 21.0 Å². The number of fused-ring (bicyclic) bond motifs is 5. The van der Waals surface area contributed by atoms with E-state index >= 15 is 0 Å². The van der Waals surface area contributed by atoms with Crippen LogP contribution in [0.2, 0.25) is 0 Å². The molecule has 0 aliphatic rings. The van der Waals surface area contributed by atoms with Crippen molar-refractivity contribution in [1.82, 2.24) is 0 Å². The summed E-state index contributed by atoms with van der Waals surface area (Å²) < 4.78 is 7.59. The molecule has 0 radical (unpaired) electrons. The van der Waals surface area contributed by atoms with Crippen LogP contribution >= 0.6 is 45.3 Å². The quantitative estimate of drug-likeness (QED) is 0.347. The summed E-state index contributed by atoms with van der Waals surface area (Å²) in [4.78, 5) is 2.29. The van der Waals surface area contributed by atoms with E-state index in [1.807, 2.05) is 24.3 Å². The summed E-state index contributed by atoms with van der Waals surface area (Å²) in [5.74, 6) is 0. The van der Waals surface area contributed by atoms with Crippen LogP contribution in [-0.2, 0) is 12.8 Å². The molecule has 0 atom stereocenters. The van der Waals surface area contributed by atoms with Gasteiger partial charge < -0.3 is 0 Å². The molecule has 0 fully saturated rings. The van der Waals surface area contributed by atoms with E-state index in [4.69, 9.17) is 21.0 Å². The first kappa shape index (κ1) is 18.4. The van der Waals surface area contributed by atoms with E-state index in [0.29, 0.717) is 12.8 Å². The molecule has 0 aromatic carbocycles. The summed E-state index contributed by atoms with van der Waals surface area (Å²) in [6, 6.07) is 11.9. The SMILES string of the molecule is N#CC(C#N)=CCc1cc2sc3c4sc(CC=C(C#N)C#N)cc4sc3c2s1. The maximum atomic E-state index is 8.85. The van der Waals surface area contributed by atoms with Gasteiger partial charge in [-0.15, -0.1) is 45.3 Å². The average molecular weight is 433 g/mol. The highest BCUT2D eigenvalue weighted by molar-refractivity contribution is 7.44. The number of hydrogen-bond donors (Lipinski definition) is 0. The Morgan fingerprint density at radius 2 is 1.04 bits per heavy atom. The fraction of sp³-hybridized carbons (Fsp3) is 0.100. The Morgan fingerprint density at radius 1 is 0.643 bits per heavy atom. The highest BCUT2D eigenvalue weighted by Gasteiger charge is 2.17. The third-order valence-electron chi connectivity index (χ3n) is 4.04. The summed E-state index contributed by atoms with van der Waals surface area (Å²) >= 11 is 6.98. The average Bonchev–Trinajstić information content (AvgIpc) is 3.42. The van der Waals surface area contributed by atoms with Crippen LogP contribution in [0.1, 0.15) is 9.75 Å². The monoisotopic (exact) mass is 432 g/mol. The molecular weight excluding hydrogens is 425 g/mol. The number of hydrogen-bond acceptors (Lipinski definition) is 8. The molecule has 0 unspecified atom stereocenters. The van der Waals surface area contributed by atoms with Crippen molar-refractivity contribution in [2.75, 3.05) is 0 Å². The molecule has 0 amide bonds. The minimum atomic E-state index is 0.149. The van der Waals surface area contributed by atoms with Gasteiger partial charge in [0.05, 0.1) is 18.8 Å². The number of nitriles is 4. The normalized spacial score (nSPS) is 10.3. The van der Waals surface area contributed by atoms with Crippen molar-refractivity contribution in [2.45, 2.75) is 12.8 Å².